The van der Waals surface area contributed by atoms with Crippen LogP contribution in [-0.2, 0) is 9.47 Å². The highest BCUT2D eigenvalue weighted by Crippen LogP contribution is 2.33. The maximum Gasteiger partial charge on any atom is 0.410 e. The van der Waals surface area contributed by atoms with E-state index in [1.165, 1.54) is 24.5 Å². The maximum absolute atomic E-state index is 15.0. The quantitative estimate of drug-likeness (QED) is 0.493. The molecule has 1 saturated carbocycles. The Morgan fingerprint density at radius 1 is 0.905 bits per heavy atom. The summed E-state index contributed by atoms with van der Waals surface area (Å²) in [5.41, 5.74) is 0.254. The van der Waals surface area contributed by atoms with E-state index in [9.17, 15) is 14.4 Å². The Morgan fingerprint density at radius 3 is 2.05 bits per heavy atom. The highest BCUT2D eigenvalue weighted by Gasteiger charge is 2.40. The summed E-state index contributed by atoms with van der Waals surface area (Å²) in [6, 6.07) is 4.55. The van der Waals surface area contributed by atoms with E-state index >= 15 is 4.39 Å². The zero-order chi connectivity index (χ0) is 30.0. The number of aromatic nitrogens is 2. The first-order valence-electron chi connectivity index (χ1n) is 14.8. The fourth-order valence-corrected chi connectivity index (χ4v) is 5.66. The molecule has 0 bridgehead atoms. The number of hydrogen-bond donors (Lipinski definition) is 0. The minimum absolute atomic E-state index is 0.0132. The Morgan fingerprint density at radius 2 is 1.50 bits per heavy atom. The third-order valence-electron chi connectivity index (χ3n) is 8.10. The van der Waals surface area contributed by atoms with Crippen LogP contribution in [0.25, 0.3) is 11.4 Å². The zero-order valence-corrected chi connectivity index (χ0v) is 24.8. The lowest BCUT2D eigenvalue weighted by molar-refractivity contribution is 0.0141. The second kappa shape index (κ2) is 12.3. The molecular weight excluding hydrogens is 541 g/mol. The van der Waals surface area contributed by atoms with Crippen LogP contribution in [0.5, 0.6) is 0 Å². The zero-order valence-electron chi connectivity index (χ0n) is 24.8. The molecule has 2 saturated heterocycles. The number of piperidine rings is 2. The van der Waals surface area contributed by atoms with Crippen LogP contribution in [0, 0.1) is 5.82 Å². The normalized spacial score (nSPS) is 18.6. The van der Waals surface area contributed by atoms with Crippen LogP contribution in [0.2, 0.25) is 0 Å². The highest BCUT2D eigenvalue weighted by atomic mass is 19.1. The average molecular weight is 582 g/mol. The van der Waals surface area contributed by atoms with Crippen molar-refractivity contribution in [1.82, 2.24) is 24.7 Å². The lowest BCUT2D eigenvalue weighted by Gasteiger charge is -2.39. The van der Waals surface area contributed by atoms with Gasteiger partial charge in [-0.1, -0.05) is 6.07 Å². The molecule has 0 spiro atoms. The van der Waals surface area contributed by atoms with E-state index in [0.29, 0.717) is 50.1 Å². The number of carbonyl (C=O) groups excluding carboxylic acids is 3. The highest BCUT2D eigenvalue weighted by molar-refractivity contribution is 5.95. The number of rotatable bonds is 6. The van der Waals surface area contributed by atoms with Crippen LogP contribution >= 0.6 is 0 Å². The Kier molecular flexibility index (Phi) is 8.77. The van der Waals surface area contributed by atoms with Crippen LogP contribution in [0.15, 0.2) is 30.6 Å². The van der Waals surface area contributed by atoms with Crippen LogP contribution < -0.4 is 0 Å². The lowest BCUT2D eigenvalue weighted by Crippen LogP contribution is -2.50. The van der Waals surface area contributed by atoms with Crippen molar-refractivity contribution in [3.63, 3.8) is 0 Å². The first kappa shape index (κ1) is 29.9. The molecule has 10 nitrogen and oxygen atoms in total. The fraction of sp³-hybridized carbons (Fsp3) is 0.581. The smallest absolute Gasteiger partial charge is 0.410 e. The molecule has 0 unspecified atom stereocenters. The van der Waals surface area contributed by atoms with Gasteiger partial charge in [0.25, 0.3) is 11.8 Å². The summed E-state index contributed by atoms with van der Waals surface area (Å²) in [6.07, 6.45) is 7.47. The maximum atomic E-state index is 15.0. The van der Waals surface area contributed by atoms with Gasteiger partial charge >= 0.3 is 6.09 Å². The van der Waals surface area contributed by atoms with Gasteiger partial charge in [-0.25, -0.2) is 19.2 Å². The molecule has 2 aromatic rings. The predicted octanol–water partition coefficient (Wildman–Crippen LogP) is 4.54. The first-order chi connectivity index (χ1) is 20.0. The second-order valence-corrected chi connectivity index (χ2v) is 12.4. The summed E-state index contributed by atoms with van der Waals surface area (Å²) in [5, 5.41) is 0. The van der Waals surface area contributed by atoms with E-state index in [0.717, 1.165) is 25.7 Å². The van der Waals surface area contributed by atoms with Gasteiger partial charge in [-0.3, -0.25) is 9.59 Å². The molecule has 0 atom stereocenters. The molecule has 1 aliphatic carbocycles. The van der Waals surface area contributed by atoms with Gasteiger partial charge in [0.05, 0.1) is 17.2 Å². The Bertz CT molecular complexity index is 1290. The van der Waals surface area contributed by atoms with Gasteiger partial charge in [-0.05, 0) is 71.4 Å². The third kappa shape index (κ3) is 6.88. The molecule has 3 fully saturated rings. The fourth-order valence-electron chi connectivity index (χ4n) is 5.66. The van der Waals surface area contributed by atoms with E-state index in [-0.39, 0.29) is 47.5 Å². The van der Waals surface area contributed by atoms with Crippen molar-refractivity contribution < 1.29 is 28.2 Å². The van der Waals surface area contributed by atoms with E-state index in [4.69, 9.17) is 9.47 Å². The van der Waals surface area contributed by atoms with Crippen molar-refractivity contribution in [2.45, 2.75) is 83.1 Å². The summed E-state index contributed by atoms with van der Waals surface area (Å²) >= 11 is 0. The van der Waals surface area contributed by atoms with Crippen molar-refractivity contribution in [2.24, 2.45) is 0 Å². The number of hydrogen-bond acceptors (Lipinski definition) is 7. The first-order valence-corrected chi connectivity index (χ1v) is 14.8. The monoisotopic (exact) mass is 581 g/mol. The molecule has 1 aromatic carbocycles. The Labute approximate surface area is 246 Å². The van der Waals surface area contributed by atoms with E-state index in [2.05, 4.69) is 9.97 Å². The molecule has 226 valence electrons. The third-order valence-corrected chi connectivity index (χ3v) is 8.10. The molecule has 3 aliphatic rings. The molecule has 42 heavy (non-hydrogen) atoms. The summed E-state index contributed by atoms with van der Waals surface area (Å²) in [5.74, 6) is -0.835. The van der Waals surface area contributed by atoms with Crippen molar-refractivity contribution in [1.29, 1.82) is 0 Å². The summed E-state index contributed by atoms with van der Waals surface area (Å²) in [7, 11) is 1.66. The molecule has 3 heterocycles. The van der Waals surface area contributed by atoms with Crippen molar-refractivity contribution >= 4 is 17.9 Å². The molecule has 11 heteroatoms. The van der Waals surface area contributed by atoms with Gasteiger partial charge in [0.15, 0.2) is 5.82 Å². The van der Waals surface area contributed by atoms with Crippen LogP contribution in [0.1, 0.15) is 80.0 Å². The number of benzene rings is 1. The van der Waals surface area contributed by atoms with Gasteiger partial charge in [0.1, 0.15) is 11.4 Å². The molecule has 1 aromatic heterocycles. The van der Waals surface area contributed by atoms with Gasteiger partial charge in [0.2, 0.25) is 0 Å². The van der Waals surface area contributed by atoms with Crippen molar-refractivity contribution in [3.05, 3.63) is 47.5 Å². The van der Waals surface area contributed by atoms with Gasteiger partial charge in [-0.15, -0.1) is 0 Å². The average Bonchev–Trinajstić information content (AvgIpc) is 3.82. The van der Waals surface area contributed by atoms with Gasteiger partial charge in [0, 0.05) is 63.3 Å². The largest absolute Gasteiger partial charge is 0.444 e. The standard InChI is InChI=1S/C31H40FN5O5/c1-31(2,3)42-30(40)36-13-9-23(10-14-36)37(22-6-7-22)28(38)21-18-33-27(34-19-21)20-5-8-25(26(32)17-20)29(39)35-15-11-24(41-4)12-16-35/h5,8,17-19,22-24H,6-7,9-16H2,1-4H3. The van der Waals surface area contributed by atoms with Crippen molar-refractivity contribution in [2.75, 3.05) is 33.3 Å². The van der Waals surface area contributed by atoms with Gasteiger partial charge in [-0.2, -0.15) is 0 Å². The SMILES string of the molecule is COC1CCN(C(=O)c2ccc(-c3ncc(C(=O)N(C4CC4)C4CCN(C(=O)OC(C)(C)C)CC4)cn3)cc2F)CC1. The molecule has 0 N–H and O–H groups in total. The molecule has 2 aliphatic heterocycles. The van der Waals surface area contributed by atoms with E-state index in [1.807, 2.05) is 25.7 Å². The van der Waals surface area contributed by atoms with E-state index in [1.54, 1.807) is 23.0 Å². The van der Waals surface area contributed by atoms with Crippen LogP contribution in [-0.4, -0.2) is 99.7 Å². The topological polar surface area (TPSA) is 105 Å². The molecule has 0 radical (unpaired) electrons. The number of methoxy groups -OCH3 is 1. The molecular formula is C31H40FN5O5. The minimum Gasteiger partial charge on any atom is -0.444 e. The number of carbonyl (C=O) groups is 3. The van der Waals surface area contributed by atoms with E-state index < -0.39 is 11.4 Å². The lowest BCUT2D eigenvalue weighted by atomic mass is 10.0. The van der Waals surface area contributed by atoms with Crippen LogP contribution in [0.3, 0.4) is 0 Å². The summed E-state index contributed by atoms with van der Waals surface area (Å²) in [6.45, 7) is 7.65. The number of nitrogens with zero attached hydrogens (tertiary/aromatic N) is 5. The minimum atomic E-state index is -0.632. The van der Waals surface area contributed by atoms with Crippen LogP contribution in [0.4, 0.5) is 9.18 Å². The predicted molar refractivity (Wildman–Crippen MR) is 153 cm³/mol. The molecule has 3 amide bonds. The summed E-state index contributed by atoms with van der Waals surface area (Å²) < 4.78 is 25.9. The van der Waals surface area contributed by atoms with Gasteiger partial charge < -0.3 is 24.2 Å². The second-order valence-electron chi connectivity index (χ2n) is 12.4. The Balaban J connectivity index is 1.22. The number of likely N-dealkylation sites (tertiary alicyclic amines) is 2. The number of ether oxygens (including phenoxy) is 2. The Hall–Kier alpha value is -3.60. The summed E-state index contributed by atoms with van der Waals surface area (Å²) in [4.78, 5) is 52.9. The number of halogens is 1. The van der Waals surface area contributed by atoms with Crippen molar-refractivity contribution in [3.8, 4) is 11.4 Å². The number of amides is 3. The molecule has 5 rings (SSSR count).